The van der Waals surface area contributed by atoms with E-state index < -0.39 is 12.0 Å². The van der Waals surface area contributed by atoms with E-state index in [1.807, 2.05) is 0 Å². The van der Waals surface area contributed by atoms with Crippen molar-refractivity contribution >= 4 is 11.8 Å². The highest BCUT2D eigenvalue weighted by molar-refractivity contribution is 5.84. The summed E-state index contributed by atoms with van der Waals surface area (Å²) in [6, 6.07) is 0. The number of rotatable bonds is 2. The van der Waals surface area contributed by atoms with Gasteiger partial charge in [-0.15, -0.1) is 0 Å². The molecular formula is C8H14N2O3. The molecule has 0 radical (unpaired) electrons. The fourth-order valence-electron chi connectivity index (χ4n) is 1.48. The smallest absolute Gasteiger partial charge is 0.248 e. The number of aliphatic hydroxyl groups is 1. The van der Waals surface area contributed by atoms with Crippen molar-refractivity contribution in [2.75, 3.05) is 19.7 Å². The predicted molar refractivity (Wildman–Crippen MR) is 45.6 cm³/mol. The average molecular weight is 186 g/mol. The summed E-state index contributed by atoms with van der Waals surface area (Å²) < 4.78 is 0. The minimum Gasteiger partial charge on any atom is -0.387 e. The number of nitrogens with zero attached hydrogens (tertiary/aromatic N) is 1. The zero-order valence-corrected chi connectivity index (χ0v) is 7.62. The van der Waals surface area contributed by atoms with Crippen LogP contribution in [0.4, 0.5) is 0 Å². The summed E-state index contributed by atoms with van der Waals surface area (Å²) in [5, 5.41) is 8.60. The van der Waals surface area contributed by atoms with Gasteiger partial charge in [0.2, 0.25) is 11.8 Å². The van der Waals surface area contributed by atoms with Crippen LogP contribution < -0.4 is 5.73 Å². The first-order chi connectivity index (χ1) is 5.99. The van der Waals surface area contributed by atoms with Crippen molar-refractivity contribution in [1.82, 2.24) is 4.90 Å². The molecule has 1 rings (SSSR count). The maximum Gasteiger partial charge on any atom is 0.248 e. The molecule has 1 aliphatic rings. The molecule has 5 heteroatoms. The highest BCUT2D eigenvalue weighted by Crippen LogP contribution is 2.29. The number of nitrogens with two attached hydrogens (primary N) is 1. The average Bonchev–Trinajstić information content (AvgIpc) is 2.48. The molecule has 1 unspecified atom stereocenters. The number of primary amides is 1. The van der Waals surface area contributed by atoms with Crippen LogP contribution in [0.2, 0.25) is 0 Å². The Bertz CT molecular complexity index is 242. The van der Waals surface area contributed by atoms with Crippen molar-refractivity contribution in [3.05, 3.63) is 0 Å². The zero-order valence-electron chi connectivity index (χ0n) is 7.62. The van der Waals surface area contributed by atoms with E-state index >= 15 is 0 Å². The molecule has 2 amide bonds. The van der Waals surface area contributed by atoms with Gasteiger partial charge in [-0.2, -0.15) is 0 Å². The molecule has 1 heterocycles. The van der Waals surface area contributed by atoms with E-state index in [2.05, 4.69) is 0 Å². The second-order valence-corrected chi connectivity index (χ2v) is 3.65. The Labute approximate surface area is 76.5 Å². The molecule has 1 fully saturated rings. The number of carbonyl (C=O) groups is 2. The van der Waals surface area contributed by atoms with Gasteiger partial charge in [-0.05, 0) is 13.3 Å². The Balaban J connectivity index is 2.63. The standard InChI is InChI=1S/C8H14N2O3/c1-8(7(9)13)2-3-10(5-8)6(12)4-11/h11H,2-5H2,1H3,(H2,9,13). The molecule has 0 saturated carbocycles. The Morgan fingerprint density at radius 2 is 2.23 bits per heavy atom. The molecule has 0 aromatic rings. The summed E-state index contributed by atoms with van der Waals surface area (Å²) >= 11 is 0. The van der Waals surface area contributed by atoms with Gasteiger partial charge in [-0.3, -0.25) is 9.59 Å². The lowest BCUT2D eigenvalue weighted by Gasteiger charge is -2.20. The zero-order chi connectivity index (χ0) is 10.1. The van der Waals surface area contributed by atoms with Crippen LogP contribution in [-0.2, 0) is 9.59 Å². The van der Waals surface area contributed by atoms with Crippen molar-refractivity contribution < 1.29 is 14.7 Å². The van der Waals surface area contributed by atoms with Gasteiger partial charge in [-0.25, -0.2) is 0 Å². The number of hydrogen-bond acceptors (Lipinski definition) is 3. The van der Waals surface area contributed by atoms with Crippen molar-refractivity contribution in [2.24, 2.45) is 11.1 Å². The fraction of sp³-hybridized carbons (Fsp3) is 0.750. The number of likely N-dealkylation sites (tertiary alicyclic amines) is 1. The van der Waals surface area contributed by atoms with Crippen LogP contribution in [0, 0.1) is 5.41 Å². The lowest BCUT2D eigenvalue weighted by molar-refractivity contribution is -0.134. The minimum atomic E-state index is -0.620. The number of aliphatic hydroxyl groups excluding tert-OH is 1. The summed E-state index contributed by atoms with van der Waals surface area (Å²) in [5.41, 5.74) is 4.58. The van der Waals surface area contributed by atoms with E-state index in [4.69, 9.17) is 10.8 Å². The van der Waals surface area contributed by atoms with Crippen molar-refractivity contribution in [3.63, 3.8) is 0 Å². The summed E-state index contributed by atoms with van der Waals surface area (Å²) in [4.78, 5) is 23.5. The molecule has 74 valence electrons. The summed E-state index contributed by atoms with van der Waals surface area (Å²) in [5.74, 6) is -0.731. The van der Waals surface area contributed by atoms with Crippen molar-refractivity contribution in [1.29, 1.82) is 0 Å². The van der Waals surface area contributed by atoms with Crippen LogP contribution in [-0.4, -0.2) is 41.5 Å². The summed E-state index contributed by atoms with van der Waals surface area (Å²) in [7, 11) is 0. The van der Waals surface area contributed by atoms with Crippen LogP contribution in [0.3, 0.4) is 0 Å². The summed E-state index contributed by atoms with van der Waals surface area (Å²) in [6.45, 7) is 2.05. The van der Waals surface area contributed by atoms with E-state index in [9.17, 15) is 9.59 Å². The Kier molecular flexibility index (Phi) is 2.56. The monoisotopic (exact) mass is 186 g/mol. The second-order valence-electron chi connectivity index (χ2n) is 3.65. The quantitative estimate of drug-likeness (QED) is 0.562. The van der Waals surface area contributed by atoms with Crippen LogP contribution in [0.25, 0.3) is 0 Å². The predicted octanol–water partition coefficient (Wildman–Crippen LogP) is -1.30. The third-order valence-electron chi connectivity index (χ3n) is 2.56. The van der Waals surface area contributed by atoms with Gasteiger partial charge in [0.05, 0.1) is 5.41 Å². The van der Waals surface area contributed by atoms with Gasteiger partial charge >= 0.3 is 0 Å². The van der Waals surface area contributed by atoms with Crippen LogP contribution in [0.5, 0.6) is 0 Å². The number of hydrogen-bond donors (Lipinski definition) is 2. The van der Waals surface area contributed by atoms with Crippen LogP contribution >= 0.6 is 0 Å². The molecule has 1 aliphatic heterocycles. The topological polar surface area (TPSA) is 83.6 Å². The van der Waals surface area contributed by atoms with E-state index in [0.717, 1.165) is 0 Å². The van der Waals surface area contributed by atoms with Crippen LogP contribution in [0.15, 0.2) is 0 Å². The Hall–Kier alpha value is -1.10. The highest BCUT2D eigenvalue weighted by atomic mass is 16.3. The molecule has 0 aliphatic carbocycles. The molecule has 13 heavy (non-hydrogen) atoms. The van der Waals surface area contributed by atoms with E-state index in [1.165, 1.54) is 4.90 Å². The largest absolute Gasteiger partial charge is 0.387 e. The minimum absolute atomic E-state index is 0.321. The van der Waals surface area contributed by atoms with Gasteiger partial charge in [-0.1, -0.05) is 0 Å². The van der Waals surface area contributed by atoms with E-state index in [0.29, 0.717) is 19.5 Å². The normalized spacial score (nSPS) is 27.7. The highest BCUT2D eigenvalue weighted by Gasteiger charge is 2.40. The Morgan fingerprint density at radius 1 is 1.62 bits per heavy atom. The maximum absolute atomic E-state index is 11.0. The molecule has 0 bridgehead atoms. The molecule has 0 aromatic heterocycles. The molecule has 1 atom stereocenters. The third-order valence-corrected chi connectivity index (χ3v) is 2.56. The SMILES string of the molecule is CC1(C(N)=O)CCN(C(=O)CO)C1. The molecule has 1 saturated heterocycles. The van der Waals surface area contributed by atoms with Gasteiger partial charge in [0.15, 0.2) is 0 Å². The summed E-state index contributed by atoms with van der Waals surface area (Å²) in [6.07, 6.45) is 0.577. The Morgan fingerprint density at radius 3 is 2.62 bits per heavy atom. The van der Waals surface area contributed by atoms with Gasteiger partial charge in [0, 0.05) is 13.1 Å². The lowest BCUT2D eigenvalue weighted by Crippen LogP contribution is -2.39. The van der Waals surface area contributed by atoms with E-state index in [-0.39, 0.29) is 11.8 Å². The van der Waals surface area contributed by atoms with Gasteiger partial charge in [0.25, 0.3) is 0 Å². The lowest BCUT2D eigenvalue weighted by atomic mass is 9.89. The first kappa shape index (κ1) is 9.98. The molecule has 5 nitrogen and oxygen atoms in total. The molecule has 0 spiro atoms. The number of amides is 2. The first-order valence-corrected chi connectivity index (χ1v) is 4.18. The number of carbonyl (C=O) groups excluding carboxylic acids is 2. The molecule has 3 N–H and O–H groups in total. The maximum atomic E-state index is 11.0. The molecule has 0 aromatic carbocycles. The van der Waals surface area contributed by atoms with Crippen molar-refractivity contribution in [2.45, 2.75) is 13.3 Å². The molecular weight excluding hydrogens is 172 g/mol. The van der Waals surface area contributed by atoms with Crippen LogP contribution in [0.1, 0.15) is 13.3 Å². The van der Waals surface area contributed by atoms with Crippen molar-refractivity contribution in [3.8, 4) is 0 Å². The third kappa shape index (κ3) is 1.80. The van der Waals surface area contributed by atoms with Gasteiger partial charge in [0.1, 0.15) is 6.61 Å². The van der Waals surface area contributed by atoms with E-state index in [1.54, 1.807) is 6.92 Å². The van der Waals surface area contributed by atoms with Gasteiger partial charge < -0.3 is 15.7 Å². The fourth-order valence-corrected chi connectivity index (χ4v) is 1.48. The second kappa shape index (κ2) is 3.33. The first-order valence-electron chi connectivity index (χ1n) is 4.18.